The summed E-state index contributed by atoms with van der Waals surface area (Å²) in [5, 5.41) is 19.9. The number of aliphatic hydroxyl groups is 1. The summed E-state index contributed by atoms with van der Waals surface area (Å²) in [6.45, 7) is 2.92. The van der Waals surface area contributed by atoms with Crippen LogP contribution in [-0.2, 0) is 29.9 Å². The van der Waals surface area contributed by atoms with Gasteiger partial charge in [-0.3, -0.25) is 4.79 Å². The first kappa shape index (κ1) is 22.8. The number of benzene rings is 1. The van der Waals surface area contributed by atoms with E-state index in [-0.39, 0.29) is 26.4 Å². The van der Waals surface area contributed by atoms with E-state index in [1.54, 1.807) is 24.3 Å². The summed E-state index contributed by atoms with van der Waals surface area (Å²) >= 11 is 0. The van der Waals surface area contributed by atoms with Crippen molar-refractivity contribution >= 4 is 27.8 Å². The molecule has 0 heterocycles. The SMILES string of the molecule is CC(C)(C(=O)NCCOCCO)S(=O)(=O)Cc1ccccc1/C=C/C(=O)O. The summed E-state index contributed by atoms with van der Waals surface area (Å²) < 4.78 is 29.0. The van der Waals surface area contributed by atoms with Crippen LogP contribution in [0.4, 0.5) is 0 Å². The lowest BCUT2D eigenvalue weighted by molar-refractivity contribution is -0.131. The van der Waals surface area contributed by atoms with Crippen LogP contribution in [0.3, 0.4) is 0 Å². The number of hydrogen-bond donors (Lipinski definition) is 3. The van der Waals surface area contributed by atoms with Gasteiger partial charge < -0.3 is 20.3 Å². The molecular weight excluding hydrogens is 374 g/mol. The van der Waals surface area contributed by atoms with Crippen LogP contribution >= 0.6 is 0 Å². The van der Waals surface area contributed by atoms with Crippen molar-refractivity contribution in [2.24, 2.45) is 0 Å². The van der Waals surface area contributed by atoms with E-state index in [0.29, 0.717) is 11.1 Å². The predicted octanol–water partition coefficient (Wildman–Crippen LogP) is 0.603. The number of carbonyl (C=O) groups is 2. The Kier molecular flexibility index (Phi) is 8.61. The fourth-order valence-corrected chi connectivity index (χ4v) is 3.52. The van der Waals surface area contributed by atoms with Gasteiger partial charge in [0.15, 0.2) is 9.84 Å². The first-order chi connectivity index (χ1) is 12.6. The van der Waals surface area contributed by atoms with Crippen LogP contribution in [0.5, 0.6) is 0 Å². The minimum atomic E-state index is -3.89. The number of amides is 1. The molecule has 0 saturated heterocycles. The molecule has 0 atom stereocenters. The predicted molar refractivity (Wildman–Crippen MR) is 101 cm³/mol. The van der Waals surface area contributed by atoms with Gasteiger partial charge in [0.25, 0.3) is 0 Å². The van der Waals surface area contributed by atoms with Gasteiger partial charge in [-0.2, -0.15) is 0 Å². The van der Waals surface area contributed by atoms with E-state index in [4.69, 9.17) is 14.9 Å². The fourth-order valence-electron chi connectivity index (χ4n) is 2.13. The van der Waals surface area contributed by atoms with Gasteiger partial charge in [-0.1, -0.05) is 24.3 Å². The molecule has 0 spiro atoms. The third-order valence-corrected chi connectivity index (χ3v) is 6.33. The Morgan fingerprint density at radius 1 is 1.22 bits per heavy atom. The number of carbonyl (C=O) groups excluding carboxylic acids is 1. The summed E-state index contributed by atoms with van der Waals surface area (Å²) in [5.41, 5.74) is 0.860. The highest BCUT2D eigenvalue weighted by molar-refractivity contribution is 7.92. The van der Waals surface area contributed by atoms with Crippen molar-refractivity contribution in [1.82, 2.24) is 5.32 Å². The van der Waals surface area contributed by atoms with E-state index in [0.717, 1.165) is 6.08 Å². The summed E-state index contributed by atoms with van der Waals surface area (Å²) in [4.78, 5) is 23.0. The molecule has 0 radical (unpaired) electrons. The smallest absolute Gasteiger partial charge is 0.328 e. The zero-order valence-electron chi connectivity index (χ0n) is 15.3. The Balaban J connectivity index is 2.90. The monoisotopic (exact) mass is 399 g/mol. The molecule has 1 aromatic carbocycles. The lowest BCUT2D eigenvalue weighted by atomic mass is 10.1. The maximum Gasteiger partial charge on any atom is 0.328 e. The van der Waals surface area contributed by atoms with Crippen LogP contribution in [-0.4, -0.2) is 61.6 Å². The van der Waals surface area contributed by atoms with Crippen LogP contribution < -0.4 is 5.32 Å². The van der Waals surface area contributed by atoms with Gasteiger partial charge in [0.2, 0.25) is 5.91 Å². The molecule has 8 nitrogen and oxygen atoms in total. The van der Waals surface area contributed by atoms with Crippen molar-refractivity contribution in [1.29, 1.82) is 0 Å². The number of carboxylic acid groups (broad SMARTS) is 1. The molecule has 0 saturated carbocycles. The molecule has 150 valence electrons. The molecular formula is C18H25NO7S. The molecule has 27 heavy (non-hydrogen) atoms. The molecule has 0 aromatic heterocycles. The summed E-state index contributed by atoms with van der Waals surface area (Å²) in [5.74, 6) is -2.21. The number of sulfone groups is 1. The molecule has 0 aliphatic rings. The van der Waals surface area contributed by atoms with E-state index in [2.05, 4.69) is 5.32 Å². The second-order valence-corrected chi connectivity index (χ2v) is 8.77. The van der Waals surface area contributed by atoms with Gasteiger partial charge in [-0.15, -0.1) is 0 Å². The maximum absolute atomic E-state index is 12.8. The lowest BCUT2D eigenvalue weighted by Gasteiger charge is -2.24. The van der Waals surface area contributed by atoms with Crippen molar-refractivity contribution < 1.29 is 33.0 Å². The van der Waals surface area contributed by atoms with E-state index in [9.17, 15) is 18.0 Å². The second kappa shape index (κ2) is 10.2. The average Bonchev–Trinajstić information content (AvgIpc) is 2.60. The summed E-state index contributed by atoms with van der Waals surface area (Å²) in [6.07, 6.45) is 2.24. The van der Waals surface area contributed by atoms with Gasteiger partial charge in [0.1, 0.15) is 4.75 Å². The van der Waals surface area contributed by atoms with E-state index >= 15 is 0 Å². The molecule has 1 amide bonds. The van der Waals surface area contributed by atoms with E-state index in [1.165, 1.54) is 19.9 Å². The normalized spacial score (nSPS) is 12.3. The molecule has 9 heteroatoms. The summed E-state index contributed by atoms with van der Waals surface area (Å²) in [7, 11) is -3.89. The van der Waals surface area contributed by atoms with Crippen molar-refractivity contribution in [2.75, 3.05) is 26.4 Å². The van der Waals surface area contributed by atoms with Crippen molar-refractivity contribution in [2.45, 2.75) is 24.3 Å². The van der Waals surface area contributed by atoms with Gasteiger partial charge in [-0.05, 0) is 31.1 Å². The number of nitrogens with one attached hydrogen (secondary N) is 1. The van der Waals surface area contributed by atoms with E-state index in [1.807, 2.05) is 0 Å². The van der Waals surface area contributed by atoms with Gasteiger partial charge in [0.05, 0.1) is 25.6 Å². The van der Waals surface area contributed by atoms with Crippen molar-refractivity contribution in [3.63, 3.8) is 0 Å². The summed E-state index contributed by atoms with van der Waals surface area (Å²) in [6, 6.07) is 6.50. The zero-order valence-corrected chi connectivity index (χ0v) is 16.2. The highest BCUT2D eigenvalue weighted by Gasteiger charge is 2.41. The molecule has 1 aromatic rings. The van der Waals surface area contributed by atoms with Crippen LogP contribution in [0.25, 0.3) is 6.08 Å². The number of aliphatic hydroxyl groups excluding tert-OH is 1. The number of hydrogen-bond acceptors (Lipinski definition) is 6. The quantitative estimate of drug-likeness (QED) is 0.367. The largest absolute Gasteiger partial charge is 0.478 e. The second-order valence-electron chi connectivity index (χ2n) is 6.23. The zero-order chi connectivity index (χ0) is 20.5. The van der Waals surface area contributed by atoms with Crippen LogP contribution in [0.1, 0.15) is 25.0 Å². The fraction of sp³-hybridized carbons (Fsp3) is 0.444. The van der Waals surface area contributed by atoms with Crippen LogP contribution in [0.15, 0.2) is 30.3 Å². The van der Waals surface area contributed by atoms with Crippen LogP contribution in [0, 0.1) is 0 Å². The molecule has 0 aliphatic carbocycles. The third kappa shape index (κ3) is 6.78. The van der Waals surface area contributed by atoms with E-state index < -0.39 is 32.2 Å². The third-order valence-electron chi connectivity index (χ3n) is 3.90. The Labute approximate surface area is 158 Å². The highest BCUT2D eigenvalue weighted by atomic mass is 32.2. The molecule has 0 aliphatic heterocycles. The number of carboxylic acids is 1. The lowest BCUT2D eigenvalue weighted by Crippen LogP contribution is -2.49. The standard InChI is InChI=1S/C18H25NO7S/c1-18(2,17(23)19-9-11-26-12-10-20)27(24,25)13-15-6-4-3-5-14(15)7-8-16(21)22/h3-8,20H,9-13H2,1-2H3,(H,19,23)(H,21,22)/b8-7+. The Morgan fingerprint density at radius 2 is 1.89 bits per heavy atom. The number of rotatable bonds is 11. The number of ether oxygens (including phenoxy) is 1. The first-order valence-electron chi connectivity index (χ1n) is 8.30. The average molecular weight is 399 g/mol. The Bertz CT molecular complexity index is 785. The van der Waals surface area contributed by atoms with Crippen molar-refractivity contribution in [3.8, 4) is 0 Å². The Morgan fingerprint density at radius 3 is 2.52 bits per heavy atom. The van der Waals surface area contributed by atoms with Gasteiger partial charge >= 0.3 is 5.97 Å². The Hall–Kier alpha value is -2.23. The maximum atomic E-state index is 12.8. The minimum Gasteiger partial charge on any atom is -0.478 e. The van der Waals surface area contributed by atoms with Gasteiger partial charge in [-0.25, -0.2) is 13.2 Å². The first-order valence-corrected chi connectivity index (χ1v) is 9.95. The topological polar surface area (TPSA) is 130 Å². The van der Waals surface area contributed by atoms with Gasteiger partial charge in [0, 0.05) is 12.6 Å². The molecule has 1 rings (SSSR count). The van der Waals surface area contributed by atoms with Crippen molar-refractivity contribution in [3.05, 3.63) is 41.5 Å². The number of aliphatic carboxylic acids is 1. The molecule has 0 fully saturated rings. The molecule has 0 bridgehead atoms. The minimum absolute atomic E-state index is 0.121. The van der Waals surface area contributed by atoms with Crippen LogP contribution in [0.2, 0.25) is 0 Å². The highest BCUT2D eigenvalue weighted by Crippen LogP contribution is 2.24. The molecule has 0 unspecified atom stereocenters. The molecule has 3 N–H and O–H groups in total.